The Hall–Kier alpha value is -3.58. The number of hydrogen-bond donors (Lipinski definition) is 3. The predicted molar refractivity (Wildman–Crippen MR) is 109 cm³/mol. The maximum Gasteiger partial charge on any atom is 0.243 e. The quantitative estimate of drug-likeness (QED) is 0.450. The minimum absolute atomic E-state index is 0.0709. The van der Waals surface area contributed by atoms with Crippen LogP contribution in [-0.4, -0.2) is 27.4 Å². The fourth-order valence-electron chi connectivity index (χ4n) is 2.58. The van der Waals surface area contributed by atoms with Crippen molar-refractivity contribution >= 4 is 40.2 Å². The Labute approximate surface area is 165 Å². The first-order valence-corrected chi connectivity index (χ1v) is 8.90. The van der Waals surface area contributed by atoms with Gasteiger partial charge < -0.3 is 20.4 Å². The molecule has 0 spiro atoms. The van der Waals surface area contributed by atoms with Crippen LogP contribution in [0.15, 0.2) is 67.0 Å². The zero-order valence-corrected chi connectivity index (χ0v) is 15.4. The summed E-state index contributed by atoms with van der Waals surface area (Å²) in [7, 11) is 0. The van der Waals surface area contributed by atoms with E-state index >= 15 is 0 Å². The highest BCUT2D eigenvalue weighted by molar-refractivity contribution is 6.31. The molecule has 0 saturated carbocycles. The summed E-state index contributed by atoms with van der Waals surface area (Å²) in [6.07, 6.45) is 3.31. The largest absolute Gasteiger partial charge is 0.456 e. The number of halogens is 1. The Balaban J connectivity index is 1.31. The van der Waals surface area contributed by atoms with Crippen molar-refractivity contribution in [1.82, 2.24) is 15.0 Å². The first-order valence-electron chi connectivity index (χ1n) is 8.53. The van der Waals surface area contributed by atoms with Gasteiger partial charge >= 0.3 is 0 Å². The fraction of sp³-hybridized carbons (Fsp3) is 0.0500. The number of nitrogens with zero attached hydrogens (tertiary/aromatic N) is 2. The van der Waals surface area contributed by atoms with Crippen LogP contribution in [0.25, 0.3) is 11.0 Å². The first kappa shape index (κ1) is 17.8. The van der Waals surface area contributed by atoms with E-state index in [-0.39, 0.29) is 12.5 Å². The normalized spacial score (nSPS) is 10.6. The number of fused-ring (bicyclic) bond motifs is 1. The van der Waals surface area contributed by atoms with Crippen LogP contribution in [0.2, 0.25) is 5.02 Å². The Morgan fingerprint density at radius 2 is 1.96 bits per heavy atom. The Kier molecular flexibility index (Phi) is 5.07. The van der Waals surface area contributed by atoms with E-state index in [1.54, 1.807) is 54.9 Å². The van der Waals surface area contributed by atoms with Crippen molar-refractivity contribution in [2.45, 2.75) is 0 Å². The summed E-state index contributed by atoms with van der Waals surface area (Å²) in [5.74, 6) is 1.62. The third-order valence-corrected chi connectivity index (χ3v) is 4.10. The van der Waals surface area contributed by atoms with Crippen molar-refractivity contribution in [3.63, 3.8) is 0 Å². The van der Waals surface area contributed by atoms with E-state index in [0.29, 0.717) is 28.2 Å². The van der Waals surface area contributed by atoms with Crippen LogP contribution in [-0.2, 0) is 4.79 Å². The van der Waals surface area contributed by atoms with Gasteiger partial charge in [-0.05, 0) is 54.6 Å². The first-order chi connectivity index (χ1) is 13.7. The van der Waals surface area contributed by atoms with Crippen molar-refractivity contribution in [3.8, 4) is 11.5 Å². The van der Waals surface area contributed by atoms with E-state index in [1.165, 1.54) is 0 Å². The van der Waals surface area contributed by atoms with Crippen molar-refractivity contribution in [3.05, 3.63) is 72.0 Å². The lowest BCUT2D eigenvalue weighted by Crippen LogP contribution is -2.22. The van der Waals surface area contributed by atoms with Crippen LogP contribution in [0.4, 0.5) is 11.6 Å². The molecule has 0 saturated heterocycles. The molecule has 140 valence electrons. The molecule has 0 bridgehead atoms. The monoisotopic (exact) mass is 393 g/mol. The second-order valence-corrected chi connectivity index (χ2v) is 6.40. The van der Waals surface area contributed by atoms with Crippen molar-refractivity contribution in [2.24, 2.45) is 0 Å². The summed E-state index contributed by atoms with van der Waals surface area (Å²) in [4.78, 5) is 23.6. The molecule has 0 aliphatic carbocycles. The van der Waals surface area contributed by atoms with Gasteiger partial charge in [0.25, 0.3) is 0 Å². The van der Waals surface area contributed by atoms with E-state index in [0.717, 1.165) is 11.0 Å². The van der Waals surface area contributed by atoms with Crippen LogP contribution < -0.4 is 15.4 Å². The summed E-state index contributed by atoms with van der Waals surface area (Å²) >= 11 is 5.96. The SMILES string of the molecule is O=C(CNc1nc2ccc(Cl)cc2[nH]1)Nc1ccc(Oc2cccnc2)cc1. The highest BCUT2D eigenvalue weighted by atomic mass is 35.5. The van der Waals surface area contributed by atoms with Crippen LogP contribution in [0.3, 0.4) is 0 Å². The van der Waals surface area contributed by atoms with Gasteiger partial charge in [-0.1, -0.05) is 11.6 Å². The number of H-pyrrole nitrogens is 1. The number of ether oxygens (including phenoxy) is 1. The Morgan fingerprint density at radius 1 is 1.11 bits per heavy atom. The number of imidazole rings is 1. The van der Waals surface area contributed by atoms with Gasteiger partial charge in [-0.2, -0.15) is 0 Å². The molecule has 2 aromatic heterocycles. The minimum atomic E-state index is -0.195. The molecule has 4 rings (SSSR count). The molecule has 0 fully saturated rings. The van der Waals surface area contributed by atoms with Crippen molar-refractivity contribution in [1.29, 1.82) is 0 Å². The van der Waals surface area contributed by atoms with E-state index < -0.39 is 0 Å². The van der Waals surface area contributed by atoms with Crippen molar-refractivity contribution in [2.75, 3.05) is 17.2 Å². The number of amides is 1. The van der Waals surface area contributed by atoms with Crippen LogP contribution in [0, 0.1) is 0 Å². The smallest absolute Gasteiger partial charge is 0.243 e. The molecule has 8 heteroatoms. The topological polar surface area (TPSA) is 91.9 Å². The lowest BCUT2D eigenvalue weighted by molar-refractivity contribution is -0.114. The molecule has 0 atom stereocenters. The van der Waals surface area contributed by atoms with E-state index in [1.807, 2.05) is 12.1 Å². The van der Waals surface area contributed by atoms with Crippen LogP contribution >= 0.6 is 11.6 Å². The average Bonchev–Trinajstić information content (AvgIpc) is 3.11. The van der Waals surface area contributed by atoms with Gasteiger partial charge in [-0.25, -0.2) is 4.98 Å². The maximum atomic E-state index is 12.2. The standard InChI is InChI=1S/C20H16ClN5O2/c21-13-3-8-17-18(10-13)26-20(25-17)23-12-19(27)24-14-4-6-15(7-5-14)28-16-2-1-9-22-11-16/h1-11H,12H2,(H,24,27)(H2,23,25,26). The number of rotatable bonds is 6. The number of carbonyl (C=O) groups excluding carboxylic acids is 1. The van der Waals surface area contributed by atoms with Gasteiger partial charge in [0, 0.05) is 16.9 Å². The molecule has 3 N–H and O–H groups in total. The third-order valence-electron chi connectivity index (χ3n) is 3.87. The molecular weight excluding hydrogens is 378 g/mol. The van der Waals surface area contributed by atoms with E-state index in [2.05, 4.69) is 25.6 Å². The Bertz CT molecular complexity index is 1100. The summed E-state index contributed by atoms with van der Waals surface area (Å²) in [5, 5.41) is 6.40. The number of carbonyl (C=O) groups is 1. The maximum absolute atomic E-state index is 12.2. The van der Waals surface area contributed by atoms with Gasteiger partial charge in [0.05, 0.1) is 23.8 Å². The number of aromatic amines is 1. The molecule has 2 aromatic carbocycles. The van der Waals surface area contributed by atoms with E-state index in [9.17, 15) is 4.79 Å². The fourth-order valence-corrected chi connectivity index (χ4v) is 2.76. The minimum Gasteiger partial charge on any atom is -0.456 e. The molecule has 0 aliphatic rings. The summed E-state index contributed by atoms with van der Waals surface area (Å²) in [6, 6.07) is 16.1. The molecular formula is C20H16ClN5O2. The van der Waals surface area contributed by atoms with Gasteiger partial charge in [-0.15, -0.1) is 0 Å². The molecule has 0 aliphatic heterocycles. The number of nitrogens with one attached hydrogen (secondary N) is 3. The number of benzene rings is 2. The molecule has 7 nitrogen and oxygen atoms in total. The lowest BCUT2D eigenvalue weighted by atomic mass is 10.3. The van der Waals surface area contributed by atoms with Crippen LogP contribution in [0.5, 0.6) is 11.5 Å². The second-order valence-electron chi connectivity index (χ2n) is 5.96. The number of aromatic nitrogens is 3. The highest BCUT2D eigenvalue weighted by Crippen LogP contribution is 2.22. The number of pyridine rings is 1. The summed E-state index contributed by atoms with van der Waals surface area (Å²) in [5.41, 5.74) is 2.25. The summed E-state index contributed by atoms with van der Waals surface area (Å²) in [6.45, 7) is 0.0709. The van der Waals surface area contributed by atoms with Gasteiger partial charge in [-0.3, -0.25) is 9.78 Å². The van der Waals surface area contributed by atoms with Crippen molar-refractivity contribution < 1.29 is 9.53 Å². The Morgan fingerprint density at radius 3 is 2.75 bits per heavy atom. The van der Waals surface area contributed by atoms with Gasteiger partial charge in [0.1, 0.15) is 11.5 Å². The molecule has 0 unspecified atom stereocenters. The second kappa shape index (κ2) is 7.98. The molecule has 4 aromatic rings. The molecule has 2 heterocycles. The highest BCUT2D eigenvalue weighted by Gasteiger charge is 2.07. The third kappa shape index (κ3) is 4.39. The zero-order chi connectivity index (χ0) is 19.3. The molecule has 1 amide bonds. The predicted octanol–water partition coefficient (Wildman–Crippen LogP) is 4.45. The number of hydrogen-bond acceptors (Lipinski definition) is 5. The van der Waals surface area contributed by atoms with E-state index in [4.69, 9.17) is 16.3 Å². The zero-order valence-electron chi connectivity index (χ0n) is 14.6. The molecule has 28 heavy (non-hydrogen) atoms. The van der Waals surface area contributed by atoms with Gasteiger partial charge in [0.2, 0.25) is 11.9 Å². The summed E-state index contributed by atoms with van der Waals surface area (Å²) < 4.78 is 5.67. The average molecular weight is 394 g/mol. The van der Waals surface area contributed by atoms with Crippen LogP contribution in [0.1, 0.15) is 0 Å². The number of anilines is 2. The lowest BCUT2D eigenvalue weighted by Gasteiger charge is -2.08. The van der Waals surface area contributed by atoms with Gasteiger partial charge in [0.15, 0.2) is 0 Å². The molecule has 0 radical (unpaired) electrons.